The molecule has 0 bridgehead atoms. The maximum atomic E-state index is 9.07. The lowest BCUT2D eigenvalue weighted by Crippen LogP contribution is -2.01. The quantitative estimate of drug-likeness (QED) is 0.160. The molecule has 0 amide bonds. The second-order valence-corrected chi connectivity index (χ2v) is 18.2. The van der Waals surface area contributed by atoms with Crippen LogP contribution < -0.4 is 0 Å². The molecule has 0 atom stereocenters. The van der Waals surface area contributed by atoms with E-state index in [0.29, 0.717) is 22.8 Å². The van der Waals surface area contributed by atoms with E-state index in [9.17, 15) is 0 Å². The molecule has 69 heavy (non-hydrogen) atoms. The second-order valence-electron chi connectivity index (χ2n) is 17.2. The van der Waals surface area contributed by atoms with Crippen molar-refractivity contribution in [1.82, 2.24) is 24.1 Å². The number of thiophene rings is 1. The lowest BCUT2D eigenvalue weighted by atomic mass is 9.97. The normalized spacial score (nSPS) is 12.8. The van der Waals surface area contributed by atoms with Crippen molar-refractivity contribution >= 4 is 75.1 Å². The molecule has 4 heterocycles. The number of benzene rings is 10. The van der Waals surface area contributed by atoms with Gasteiger partial charge in [0.25, 0.3) is 0 Å². The van der Waals surface area contributed by atoms with Crippen molar-refractivity contribution in [3.8, 4) is 67.8 Å². The number of nitrogens with zero attached hydrogens (tertiary/aromatic N) is 5. The molecule has 5 nitrogen and oxygen atoms in total. The van der Waals surface area contributed by atoms with E-state index in [0.717, 1.165) is 92.0 Å². The summed E-state index contributed by atoms with van der Waals surface area (Å²) in [6.07, 6.45) is 0. The Labute approximate surface area is 408 Å². The maximum Gasteiger partial charge on any atom is 0.165 e. The third-order valence-electron chi connectivity index (χ3n) is 13.2. The summed E-state index contributed by atoms with van der Waals surface area (Å²) in [6.45, 7) is 0. The monoisotopic (exact) mass is 902 g/mol. The Hall–Kier alpha value is -8.97. The zero-order chi connectivity index (χ0) is 49.8. The largest absolute Gasteiger partial charge is 0.309 e. The third-order valence-corrected chi connectivity index (χ3v) is 14.5. The van der Waals surface area contributed by atoms with Gasteiger partial charge in [-0.1, -0.05) is 182 Å². The molecule has 0 fully saturated rings. The topological polar surface area (TPSA) is 48.5 Å². The summed E-state index contributed by atoms with van der Waals surface area (Å²) in [6, 6.07) is 69.6. The Morgan fingerprint density at radius 1 is 0.319 bits per heavy atom. The Kier molecular flexibility index (Phi) is 7.89. The molecule has 0 saturated carbocycles. The fraction of sp³-hybridized carbons (Fsp3) is 0. The van der Waals surface area contributed by atoms with Crippen molar-refractivity contribution in [3.63, 3.8) is 0 Å². The summed E-state index contributed by atoms with van der Waals surface area (Å²) in [7, 11) is 0. The second kappa shape index (κ2) is 15.8. The van der Waals surface area contributed by atoms with Crippen LogP contribution in [0.15, 0.2) is 236 Å². The Balaban J connectivity index is 1.10. The molecule has 6 heteroatoms. The number of hydrogen-bond acceptors (Lipinski definition) is 4. The van der Waals surface area contributed by atoms with Gasteiger partial charge in [-0.05, 0) is 76.9 Å². The lowest BCUT2D eigenvalue weighted by molar-refractivity contribution is 1.07. The Morgan fingerprint density at radius 2 is 0.855 bits per heavy atom. The van der Waals surface area contributed by atoms with Crippen LogP contribution in [-0.2, 0) is 0 Å². The van der Waals surface area contributed by atoms with Crippen molar-refractivity contribution in [3.05, 3.63) is 236 Å². The first-order chi connectivity index (χ1) is 36.3. The van der Waals surface area contributed by atoms with E-state index in [1.54, 1.807) is 11.3 Å². The minimum Gasteiger partial charge on any atom is -0.309 e. The summed E-state index contributed by atoms with van der Waals surface area (Å²) < 4.78 is 50.6. The van der Waals surface area contributed by atoms with Crippen molar-refractivity contribution in [2.45, 2.75) is 0 Å². The fourth-order valence-electron chi connectivity index (χ4n) is 10.2. The molecule has 0 aliphatic carbocycles. The first-order valence-electron chi connectivity index (χ1n) is 25.4. The van der Waals surface area contributed by atoms with Gasteiger partial charge in [0.05, 0.1) is 28.9 Å². The Bertz CT molecular complexity index is 4580. The number of rotatable bonds is 7. The molecule has 0 N–H and O–H groups in total. The molecule has 0 unspecified atom stereocenters. The van der Waals surface area contributed by atoms with Crippen molar-refractivity contribution < 1.29 is 6.85 Å². The fourth-order valence-corrected chi connectivity index (χ4v) is 11.5. The van der Waals surface area contributed by atoms with Gasteiger partial charge in [0, 0.05) is 69.8 Å². The van der Waals surface area contributed by atoms with Crippen molar-refractivity contribution in [2.75, 3.05) is 0 Å². The highest BCUT2D eigenvalue weighted by atomic mass is 32.1. The van der Waals surface area contributed by atoms with Gasteiger partial charge < -0.3 is 9.13 Å². The van der Waals surface area contributed by atoms with Gasteiger partial charge in [0.1, 0.15) is 0 Å². The number of para-hydroxylation sites is 3. The van der Waals surface area contributed by atoms with Crippen molar-refractivity contribution in [1.29, 1.82) is 0 Å². The highest BCUT2D eigenvalue weighted by molar-refractivity contribution is 7.26. The molecular weight excluding hydrogens is 859 g/mol. The standard InChI is InChI=1S/C63H39N5S/c1-5-19-40(20-6-1)43-25-17-26-44(35-43)47-31-18-32-50-53-36-46(37-54(60(53)69-59(47)50)63-65-61(41-21-7-2-8-22-41)64-62(66-63)42-23-9-3-10-24-42)68-56-34-16-14-30-49(56)52-38-51-48-29-13-15-33-55(48)67(57(51)39-58(52)68)45-27-11-4-12-28-45/h1-39H/i2D,7D,8D,21D,22D. The van der Waals surface area contributed by atoms with Gasteiger partial charge in [-0.2, -0.15) is 0 Å². The van der Waals surface area contributed by atoms with Gasteiger partial charge >= 0.3 is 0 Å². The highest BCUT2D eigenvalue weighted by Gasteiger charge is 2.23. The van der Waals surface area contributed by atoms with E-state index in [2.05, 4.69) is 173 Å². The van der Waals surface area contributed by atoms with Crippen LogP contribution in [0.25, 0.3) is 132 Å². The average molecular weight is 903 g/mol. The van der Waals surface area contributed by atoms with Gasteiger partial charge in [-0.25, -0.2) is 15.0 Å². The molecule has 14 aromatic rings. The summed E-state index contributed by atoms with van der Waals surface area (Å²) in [5.41, 5.74) is 11.9. The first kappa shape index (κ1) is 34.4. The van der Waals surface area contributed by atoms with Crippen LogP contribution in [0, 0.1) is 0 Å². The van der Waals surface area contributed by atoms with Crippen molar-refractivity contribution in [2.24, 2.45) is 0 Å². The van der Waals surface area contributed by atoms with Gasteiger partial charge in [0.15, 0.2) is 17.5 Å². The molecule has 14 rings (SSSR count). The maximum absolute atomic E-state index is 9.07. The lowest BCUT2D eigenvalue weighted by Gasteiger charge is -2.13. The summed E-state index contributed by atoms with van der Waals surface area (Å²) in [5.74, 6) is 0.597. The SMILES string of the molecule is [2H]c1c([2H])c([2H])c(-c2nc(-c3ccccc3)nc(-c3cc(-n4c5ccccc5c5cc6c7ccccc7n(-c7ccccc7)c6cc54)cc4c3sc3c(-c5cccc(-c6ccccc6)c5)cccc34)n2)c([2H])c1[2H]. The van der Waals surface area contributed by atoms with E-state index >= 15 is 0 Å². The van der Waals surface area contributed by atoms with E-state index in [1.165, 1.54) is 5.39 Å². The van der Waals surface area contributed by atoms with Gasteiger partial charge in [-0.3, -0.25) is 0 Å². The zero-order valence-electron chi connectivity index (χ0n) is 41.8. The summed E-state index contributed by atoms with van der Waals surface area (Å²) in [4.78, 5) is 15.3. The third kappa shape index (κ3) is 6.41. The molecule has 0 spiro atoms. The minimum atomic E-state index is -0.487. The number of fused-ring (bicyclic) bond motifs is 9. The number of hydrogen-bond donors (Lipinski definition) is 0. The summed E-state index contributed by atoms with van der Waals surface area (Å²) >= 11 is 1.67. The molecule has 0 saturated heterocycles. The molecule has 0 aliphatic heterocycles. The van der Waals surface area contributed by atoms with Crippen LogP contribution in [0.1, 0.15) is 6.85 Å². The van der Waals surface area contributed by atoms with Crippen LogP contribution in [0.3, 0.4) is 0 Å². The molecule has 10 aromatic carbocycles. The van der Waals surface area contributed by atoms with E-state index in [1.807, 2.05) is 42.5 Å². The molecular formula is C63H39N5S. The van der Waals surface area contributed by atoms with Crippen LogP contribution in [0.5, 0.6) is 0 Å². The summed E-state index contributed by atoms with van der Waals surface area (Å²) in [5, 5.41) is 6.59. The van der Waals surface area contributed by atoms with Crippen LogP contribution in [-0.4, -0.2) is 24.1 Å². The van der Waals surface area contributed by atoms with Gasteiger partial charge in [0.2, 0.25) is 0 Å². The molecule has 322 valence electrons. The molecule has 0 aliphatic rings. The van der Waals surface area contributed by atoms with E-state index in [-0.39, 0.29) is 23.5 Å². The van der Waals surface area contributed by atoms with E-state index in [4.69, 9.17) is 21.8 Å². The highest BCUT2D eigenvalue weighted by Crippen LogP contribution is 2.47. The smallest absolute Gasteiger partial charge is 0.165 e. The van der Waals surface area contributed by atoms with Gasteiger partial charge in [-0.15, -0.1) is 11.3 Å². The molecule has 0 radical (unpaired) electrons. The first-order valence-corrected chi connectivity index (χ1v) is 23.7. The van der Waals surface area contributed by atoms with E-state index < -0.39 is 18.1 Å². The molecule has 4 aromatic heterocycles. The Morgan fingerprint density at radius 3 is 1.57 bits per heavy atom. The minimum absolute atomic E-state index is 0.0167. The number of aromatic nitrogens is 5. The van der Waals surface area contributed by atoms with Crippen LogP contribution >= 0.6 is 11.3 Å². The van der Waals surface area contributed by atoms with Crippen LogP contribution in [0.2, 0.25) is 0 Å². The predicted molar refractivity (Wildman–Crippen MR) is 289 cm³/mol. The average Bonchev–Trinajstić information content (AvgIpc) is 4.17. The zero-order valence-corrected chi connectivity index (χ0v) is 37.6. The van der Waals surface area contributed by atoms with Crippen LogP contribution in [0.4, 0.5) is 0 Å². The predicted octanol–water partition coefficient (Wildman–Crippen LogP) is 16.8.